The Hall–Kier alpha value is -1.24. The molecular weight excluding hydrogens is 288 g/mol. The van der Waals surface area contributed by atoms with Gasteiger partial charge >= 0.3 is 0 Å². The smallest absolute Gasteiger partial charge is 0.250 e. The van der Waals surface area contributed by atoms with Gasteiger partial charge in [0.05, 0.1) is 7.11 Å². The van der Waals surface area contributed by atoms with E-state index in [9.17, 15) is 9.90 Å². The average molecular weight is 312 g/mol. The molecule has 4 N–H and O–H groups in total. The van der Waals surface area contributed by atoms with Crippen LogP contribution in [0.2, 0.25) is 0 Å². The van der Waals surface area contributed by atoms with Gasteiger partial charge in [0.1, 0.15) is 11.9 Å². The minimum absolute atomic E-state index is 0.405. The van der Waals surface area contributed by atoms with E-state index in [-0.39, 0.29) is 0 Å². The Morgan fingerprint density at radius 1 is 1.43 bits per heavy atom. The average Bonchev–Trinajstić information content (AvgIpc) is 2.52. The van der Waals surface area contributed by atoms with Gasteiger partial charge in [0, 0.05) is 12.6 Å². The Labute approximate surface area is 130 Å². The van der Waals surface area contributed by atoms with Crippen LogP contribution in [-0.4, -0.2) is 48.8 Å². The highest BCUT2D eigenvalue weighted by molar-refractivity contribution is 7.98. The topological polar surface area (TPSA) is 84.6 Å². The third-order valence-electron chi connectivity index (χ3n) is 3.20. The number of hydrogen-bond donors (Lipinski definition) is 3. The second-order valence-corrected chi connectivity index (χ2v) is 5.76. The zero-order chi connectivity index (χ0) is 15.7. The van der Waals surface area contributed by atoms with E-state index < -0.39 is 18.1 Å². The van der Waals surface area contributed by atoms with Gasteiger partial charge in [-0.1, -0.05) is 12.1 Å². The molecule has 1 amide bonds. The molecule has 0 heterocycles. The summed E-state index contributed by atoms with van der Waals surface area (Å²) in [5.41, 5.74) is 6.88. The van der Waals surface area contributed by atoms with Gasteiger partial charge in [-0.05, 0) is 42.5 Å². The van der Waals surface area contributed by atoms with Crippen molar-refractivity contribution in [3.63, 3.8) is 0 Å². The molecule has 0 fully saturated rings. The van der Waals surface area contributed by atoms with Crippen LogP contribution in [0.15, 0.2) is 24.3 Å². The molecular formula is C15H24N2O3S. The first-order chi connectivity index (χ1) is 10.1. The Morgan fingerprint density at radius 3 is 2.67 bits per heavy atom. The number of amides is 1. The van der Waals surface area contributed by atoms with E-state index in [1.165, 1.54) is 0 Å². The van der Waals surface area contributed by atoms with Crippen molar-refractivity contribution >= 4 is 17.7 Å². The van der Waals surface area contributed by atoms with E-state index >= 15 is 0 Å². The maximum absolute atomic E-state index is 11.8. The molecule has 0 spiro atoms. The molecule has 0 saturated heterocycles. The van der Waals surface area contributed by atoms with E-state index in [1.807, 2.05) is 30.5 Å². The molecule has 1 aromatic rings. The molecule has 2 atom stereocenters. The quantitative estimate of drug-likeness (QED) is 0.628. The fraction of sp³-hybridized carbons (Fsp3) is 0.533. The number of carbonyl (C=O) groups excluding carboxylic acids is 1. The highest BCUT2D eigenvalue weighted by Gasteiger charge is 2.21. The summed E-state index contributed by atoms with van der Waals surface area (Å²) >= 11 is 1.64. The molecule has 118 valence electrons. The molecule has 5 nitrogen and oxygen atoms in total. The zero-order valence-electron chi connectivity index (χ0n) is 12.5. The molecule has 0 bridgehead atoms. The normalized spacial score (nSPS) is 13.5. The second-order valence-electron chi connectivity index (χ2n) is 4.78. The highest BCUT2D eigenvalue weighted by Crippen LogP contribution is 2.11. The van der Waals surface area contributed by atoms with Crippen molar-refractivity contribution in [3.8, 4) is 5.75 Å². The van der Waals surface area contributed by atoms with Crippen molar-refractivity contribution < 1.29 is 14.6 Å². The summed E-state index contributed by atoms with van der Waals surface area (Å²) < 4.78 is 5.08. The number of aliphatic hydroxyl groups is 1. The number of nitrogens with two attached hydrogens (primary N) is 1. The van der Waals surface area contributed by atoms with Gasteiger partial charge in [0.2, 0.25) is 5.91 Å². The summed E-state index contributed by atoms with van der Waals surface area (Å²) in [6.45, 7) is 0.470. The van der Waals surface area contributed by atoms with Crippen LogP contribution in [0.4, 0.5) is 0 Å². The predicted octanol–water partition coefficient (Wildman–Crippen LogP) is 0.795. The van der Waals surface area contributed by atoms with Crippen molar-refractivity contribution in [2.24, 2.45) is 5.73 Å². The minimum Gasteiger partial charge on any atom is -0.497 e. The lowest BCUT2D eigenvalue weighted by Crippen LogP contribution is -2.47. The van der Waals surface area contributed by atoms with Crippen molar-refractivity contribution in [2.45, 2.75) is 25.0 Å². The maximum Gasteiger partial charge on any atom is 0.250 e. The van der Waals surface area contributed by atoms with Gasteiger partial charge in [-0.25, -0.2) is 0 Å². The van der Waals surface area contributed by atoms with Crippen LogP contribution in [0.5, 0.6) is 5.75 Å². The van der Waals surface area contributed by atoms with E-state index in [0.29, 0.717) is 19.4 Å². The van der Waals surface area contributed by atoms with Gasteiger partial charge in [-0.3, -0.25) is 4.79 Å². The molecule has 1 rings (SSSR count). The SMILES string of the molecule is COc1ccc(CCNC(=O)C(O)[C@H](N)CCSC)cc1. The van der Waals surface area contributed by atoms with Gasteiger partial charge in [0.15, 0.2) is 0 Å². The highest BCUT2D eigenvalue weighted by atomic mass is 32.2. The standard InChI is InChI=1S/C15H24N2O3S/c1-20-12-5-3-11(4-6-12)7-9-17-15(19)14(18)13(16)8-10-21-2/h3-6,13-14,18H,7-10,16H2,1-2H3,(H,17,19)/t13-,14?/m1/s1. The minimum atomic E-state index is -1.15. The fourth-order valence-electron chi connectivity index (χ4n) is 1.83. The number of ether oxygens (including phenoxy) is 1. The van der Waals surface area contributed by atoms with Crippen LogP contribution >= 0.6 is 11.8 Å². The van der Waals surface area contributed by atoms with E-state index in [4.69, 9.17) is 10.5 Å². The van der Waals surface area contributed by atoms with Gasteiger partial charge in [0.25, 0.3) is 0 Å². The van der Waals surface area contributed by atoms with Crippen molar-refractivity contribution in [1.29, 1.82) is 0 Å². The van der Waals surface area contributed by atoms with Gasteiger partial charge < -0.3 is 20.9 Å². The number of benzene rings is 1. The van der Waals surface area contributed by atoms with Gasteiger partial charge in [-0.15, -0.1) is 0 Å². The van der Waals surface area contributed by atoms with Crippen molar-refractivity contribution in [2.75, 3.05) is 25.7 Å². The first kappa shape index (κ1) is 17.8. The Bertz CT molecular complexity index is 425. The third-order valence-corrected chi connectivity index (χ3v) is 3.85. The maximum atomic E-state index is 11.8. The first-order valence-electron chi connectivity index (χ1n) is 6.91. The van der Waals surface area contributed by atoms with E-state index in [1.54, 1.807) is 18.9 Å². The molecule has 0 radical (unpaired) electrons. The van der Waals surface area contributed by atoms with Crippen LogP contribution in [0.1, 0.15) is 12.0 Å². The summed E-state index contributed by atoms with van der Waals surface area (Å²) in [5.74, 6) is 1.23. The lowest BCUT2D eigenvalue weighted by molar-refractivity contribution is -0.130. The number of nitrogens with one attached hydrogen (secondary N) is 1. The number of aliphatic hydroxyl groups excluding tert-OH is 1. The Kier molecular flexibility index (Phi) is 8.19. The second kappa shape index (κ2) is 9.65. The molecule has 0 aliphatic carbocycles. The molecule has 0 aliphatic rings. The van der Waals surface area contributed by atoms with Crippen LogP contribution in [0.25, 0.3) is 0 Å². The van der Waals surface area contributed by atoms with Crippen LogP contribution < -0.4 is 15.8 Å². The number of methoxy groups -OCH3 is 1. The summed E-state index contributed by atoms with van der Waals surface area (Å²) in [4.78, 5) is 11.8. The van der Waals surface area contributed by atoms with Crippen LogP contribution in [0, 0.1) is 0 Å². The number of carbonyl (C=O) groups is 1. The first-order valence-corrected chi connectivity index (χ1v) is 8.31. The largest absolute Gasteiger partial charge is 0.497 e. The molecule has 6 heteroatoms. The predicted molar refractivity (Wildman–Crippen MR) is 86.7 cm³/mol. The van der Waals surface area contributed by atoms with Crippen LogP contribution in [-0.2, 0) is 11.2 Å². The number of hydrogen-bond acceptors (Lipinski definition) is 5. The monoisotopic (exact) mass is 312 g/mol. The molecule has 0 aliphatic heterocycles. The van der Waals surface area contributed by atoms with Crippen LogP contribution in [0.3, 0.4) is 0 Å². The summed E-state index contributed by atoms with van der Waals surface area (Å²) in [6, 6.07) is 7.14. The van der Waals surface area contributed by atoms with Gasteiger partial charge in [-0.2, -0.15) is 11.8 Å². The summed E-state index contributed by atoms with van der Waals surface area (Å²) in [5, 5.41) is 12.5. The van der Waals surface area contributed by atoms with Crippen molar-refractivity contribution in [1.82, 2.24) is 5.32 Å². The third kappa shape index (κ3) is 6.37. The molecule has 0 saturated carbocycles. The summed E-state index contributed by atoms with van der Waals surface area (Å²) in [7, 11) is 1.62. The fourth-order valence-corrected chi connectivity index (χ4v) is 2.34. The summed E-state index contributed by atoms with van der Waals surface area (Å²) in [6.07, 6.45) is 2.14. The molecule has 1 aromatic carbocycles. The Morgan fingerprint density at radius 2 is 2.10 bits per heavy atom. The number of thioether (sulfide) groups is 1. The number of rotatable bonds is 9. The zero-order valence-corrected chi connectivity index (χ0v) is 13.4. The molecule has 21 heavy (non-hydrogen) atoms. The molecule has 0 aromatic heterocycles. The van der Waals surface area contributed by atoms with Crippen molar-refractivity contribution in [3.05, 3.63) is 29.8 Å². The molecule has 1 unspecified atom stereocenters. The lowest BCUT2D eigenvalue weighted by Gasteiger charge is -2.18. The van der Waals surface area contributed by atoms with E-state index in [2.05, 4.69) is 5.32 Å². The Balaban J connectivity index is 2.31. The lowest BCUT2D eigenvalue weighted by atomic mass is 10.1. The van der Waals surface area contributed by atoms with E-state index in [0.717, 1.165) is 17.1 Å².